The van der Waals surface area contributed by atoms with E-state index in [4.69, 9.17) is 0 Å². The fraction of sp³-hybridized carbons (Fsp3) is 0.182. The smallest absolute Gasteiger partial charge is 0.256 e. The monoisotopic (exact) mass is 204 g/mol. The fourth-order valence-electron chi connectivity index (χ4n) is 1.03. The molecule has 0 radical (unpaired) electrons. The van der Waals surface area contributed by atoms with Gasteiger partial charge < -0.3 is 4.90 Å². The highest BCUT2D eigenvalue weighted by atomic mass is 16.2. The standard InChI is InChI=1S/C11H12N2O2/c1-13(2)11(15)9(8-14)7-10-5-3-4-6-12-10/h3-8H,1-2H3/b9-7+. The summed E-state index contributed by atoms with van der Waals surface area (Å²) in [5, 5.41) is 0. The van der Waals surface area contributed by atoms with E-state index in [2.05, 4.69) is 4.98 Å². The van der Waals surface area contributed by atoms with Crippen molar-refractivity contribution in [3.8, 4) is 0 Å². The molecule has 1 amide bonds. The molecule has 78 valence electrons. The van der Waals surface area contributed by atoms with Crippen molar-refractivity contribution in [1.82, 2.24) is 9.88 Å². The zero-order valence-corrected chi connectivity index (χ0v) is 8.68. The summed E-state index contributed by atoms with van der Waals surface area (Å²) in [5.74, 6) is -0.323. The molecule has 1 aromatic rings. The Morgan fingerprint density at radius 1 is 1.40 bits per heavy atom. The first-order valence-electron chi connectivity index (χ1n) is 4.44. The van der Waals surface area contributed by atoms with Gasteiger partial charge in [0, 0.05) is 20.3 Å². The maximum absolute atomic E-state index is 11.5. The molecule has 4 nitrogen and oxygen atoms in total. The quantitative estimate of drug-likeness (QED) is 0.316. The van der Waals surface area contributed by atoms with E-state index < -0.39 is 0 Å². The Kier molecular flexibility index (Phi) is 3.74. The van der Waals surface area contributed by atoms with E-state index in [1.54, 1.807) is 38.5 Å². The molecule has 4 heteroatoms. The van der Waals surface area contributed by atoms with Crippen LogP contribution >= 0.6 is 0 Å². The Morgan fingerprint density at radius 3 is 2.60 bits per heavy atom. The van der Waals surface area contributed by atoms with Gasteiger partial charge in [-0.05, 0) is 18.2 Å². The van der Waals surface area contributed by atoms with Gasteiger partial charge >= 0.3 is 0 Å². The second-order valence-corrected chi connectivity index (χ2v) is 3.17. The first-order valence-corrected chi connectivity index (χ1v) is 4.44. The SMILES string of the molecule is CN(C)C(=O)/C(C=O)=C/c1ccccn1. The lowest BCUT2D eigenvalue weighted by atomic mass is 10.2. The molecular formula is C11H12N2O2. The molecule has 0 bridgehead atoms. The lowest BCUT2D eigenvalue weighted by molar-refractivity contribution is -0.125. The molecule has 0 unspecified atom stereocenters. The maximum Gasteiger partial charge on any atom is 0.256 e. The molecule has 15 heavy (non-hydrogen) atoms. The van der Waals surface area contributed by atoms with Crippen LogP contribution in [0.4, 0.5) is 0 Å². The van der Waals surface area contributed by atoms with Crippen molar-refractivity contribution in [3.63, 3.8) is 0 Å². The van der Waals surface area contributed by atoms with Crippen molar-refractivity contribution < 1.29 is 9.59 Å². The van der Waals surface area contributed by atoms with Gasteiger partial charge in [-0.25, -0.2) is 0 Å². The summed E-state index contributed by atoms with van der Waals surface area (Å²) in [6, 6.07) is 5.29. The van der Waals surface area contributed by atoms with Crippen molar-refractivity contribution >= 4 is 18.3 Å². The molecule has 1 rings (SSSR count). The molecule has 0 N–H and O–H groups in total. The van der Waals surface area contributed by atoms with Crippen molar-refractivity contribution in [2.45, 2.75) is 0 Å². The predicted octanol–water partition coefficient (Wildman–Crippen LogP) is 0.752. The molecule has 0 aliphatic carbocycles. The Bertz CT molecular complexity index is 383. The summed E-state index contributed by atoms with van der Waals surface area (Å²) >= 11 is 0. The lowest BCUT2D eigenvalue weighted by Crippen LogP contribution is -2.24. The molecule has 0 saturated heterocycles. The van der Waals surface area contributed by atoms with Crippen LogP contribution in [0.25, 0.3) is 6.08 Å². The molecular weight excluding hydrogens is 192 g/mol. The topological polar surface area (TPSA) is 50.3 Å². The molecule has 0 aliphatic heterocycles. The number of pyridine rings is 1. The highest BCUT2D eigenvalue weighted by molar-refractivity contribution is 6.13. The van der Waals surface area contributed by atoms with Gasteiger partial charge in [0.1, 0.15) is 0 Å². The number of nitrogens with zero attached hydrogens (tertiary/aromatic N) is 2. The maximum atomic E-state index is 11.5. The molecule has 0 saturated carbocycles. The Morgan fingerprint density at radius 2 is 2.13 bits per heavy atom. The molecule has 0 spiro atoms. The van der Waals surface area contributed by atoms with Crippen LogP contribution < -0.4 is 0 Å². The van der Waals surface area contributed by atoms with E-state index >= 15 is 0 Å². The van der Waals surface area contributed by atoms with Crippen molar-refractivity contribution in [3.05, 3.63) is 35.7 Å². The number of aldehydes is 1. The number of rotatable bonds is 3. The van der Waals surface area contributed by atoms with Gasteiger partial charge in [0.2, 0.25) is 0 Å². The Hall–Kier alpha value is -1.97. The second kappa shape index (κ2) is 5.05. The fourth-order valence-corrected chi connectivity index (χ4v) is 1.03. The van der Waals surface area contributed by atoms with Crippen molar-refractivity contribution in [2.24, 2.45) is 0 Å². The van der Waals surface area contributed by atoms with E-state index in [1.807, 2.05) is 0 Å². The summed E-state index contributed by atoms with van der Waals surface area (Å²) in [6.07, 6.45) is 3.61. The van der Waals surface area contributed by atoms with Gasteiger partial charge in [-0.2, -0.15) is 0 Å². The first kappa shape index (κ1) is 11.1. The number of carbonyl (C=O) groups is 2. The van der Waals surface area contributed by atoms with E-state index in [0.29, 0.717) is 12.0 Å². The summed E-state index contributed by atoms with van der Waals surface area (Å²) in [4.78, 5) is 27.5. The average Bonchev–Trinajstić information content (AvgIpc) is 2.26. The normalized spacial score (nSPS) is 10.9. The minimum Gasteiger partial charge on any atom is -0.345 e. The minimum atomic E-state index is -0.323. The van der Waals surface area contributed by atoms with Gasteiger partial charge in [0.25, 0.3) is 5.91 Å². The van der Waals surface area contributed by atoms with Crippen LogP contribution in [0.5, 0.6) is 0 Å². The molecule has 1 aromatic heterocycles. The van der Waals surface area contributed by atoms with Crippen molar-refractivity contribution in [2.75, 3.05) is 14.1 Å². The highest BCUT2D eigenvalue weighted by Gasteiger charge is 2.10. The van der Waals surface area contributed by atoms with E-state index in [-0.39, 0.29) is 11.5 Å². The minimum absolute atomic E-state index is 0.0960. The molecule has 1 heterocycles. The van der Waals surface area contributed by atoms with Crippen LogP contribution in [-0.4, -0.2) is 36.2 Å². The first-order chi connectivity index (χ1) is 7.15. The van der Waals surface area contributed by atoms with Gasteiger partial charge in [-0.1, -0.05) is 6.07 Å². The molecule has 0 aliphatic rings. The predicted molar refractivity (Wildman–Crippen MR) is 57.0 cm³/mol. The van der Waals surface area contributed by atoms with E-state index in [9.17, 15) is 9.59 Å². The molecule has 0 fully saturated rings. The summed E-state index contributed by atoms with van der Waals surface area (Å²) in [7, 11) is 3.19. The summed E-state index contributed by atoms with van der Waals surface area (Å²) < 4.78 is 0. The number of likely N-dealkylation sites (N-methyl/N-ethyl adjacent to an activating group) is 1. The van der Waals surface area contributed by atoms with Gasteiger partial charge in [0.15, 0.2) is 6.29 Å². The molecule has 0 aromatic carbocycles. The van der Waals surface area contributed by atoms with Crippen LogP contribution in [0.3, 0.4) is 0 Å². The van der Waals surface area contributed by atoms with E-state index in [1.165, 1.54) is 11.0 Å². The van der Waals surface area contributed by atoms with Crippen LogP contribution in [0.2, 0.25) is 0 Å². The number of hydrogen-bond donors (Lipinski definition) is 0. The van der Waals surface area contributed by atoms with Crippen LogP contribution in [0.15, 0.2) is 30.0 Å². The van der Waals surface area contributed by atoms with Gasteiger partial charge in [-0.15, -0.1) is 0 Å². The van der Waals surface area contributed by atoms with Gasteiger partial charge in [-0.3, -0.25) is 14.6 Å². The van der Waals surface area contributed by atoms with Crippen molar-refractivity contribution in [1.29, 1.82) is 0 Å². The Balaban J connectivity index is 2.98. The molecule has 0 atom stereocenters. The largest absolute Gasteiger partial charge is 0.345 e. The lowest BCUT2D eigenvalue weighted by Gasteiger charge is -2.08. The third kappa shape index (κ3) is 3.02. The third-order valence-corrected chi connectivity index (χ3v) is 1.77. The number of carbonyl (C=O) groups excluding carboxylic acids is 2. The van der Waals surface area contributed by atoms with Crippen LogP contribution in [-0.2, 0) is 9.59 Å². The van der Waals surface area contributed by atoms with E-state index in [0.717, 1.165) is 0 Å². The zero-order chi connectivity index (χ0) is 11.3. The van der Waals surface area contributed by atoms with Crippen LogP contribution in [0.1, 0.15) is 5.69 Å². The second-order valence-electron chi connectivity index (χ2n) is 3.17. The zero-order valence-electron chi connectivity index (χ0n) is 8.68. The number of hydrogen-bond acceptors (Lipinski definition) is 3. The third-order valence-electron chi connectivity index (χ3n) is 1.77. The summed E-state index contributed by atoms with van der Waals surface area (Å²) in [6.45, 7) is 0. The summed E-state index contributed by atoms with van der Waals surface area (Å²) in [5.41, 5.74) is 0.688. The number of amides is 1. The highest BCUT2D eigenvalue weighted by Crippen LogP contribution is 2.03. The van der Waals surface area contributed by atoms with Crippen LogP contribution in [0, 0.1) is 0 Å². The number of aromatic nitrogens is 1. The van der Waals surface area contributed by atoms with Gasteiger partial charge in [0.05, 0.1) is 11.3 Å². The average molecular weight is 204 g/mol. The Labute approximate surface area is 88.2 Å².